The second kappa shape index (κ2) is 4.12. The number of hydrogen-bond donors (Lipinski definition) is 1. The number of nitriles is 1. The first-order chi connectivity index (χ1) is 8.04. The Kier molecular flexibility index (Phi) is 2.79. The van der Waals surface area contributed by atoms with Crippen LogP contribution in [0.4, 0.5) is 0 Å². The molecule has 2 aromatic rings. The van der Waals surface area contributed by atoms with Crippen LogP contribution >= 0.6 is 0 Å². The number of rotatable bonds is 3. The smallest absolute Gasteiger partial charge is 0.243 e. The van der Waals surface area contributed by atoms with Crippen LogP contribution in [-0.2, 0) is 10.0 Å². The summed E-state index contributed by atoms with van der Waals surface area (Å²) in [5, 5.41) is 15.7. The topological polar surface area (TPSA) is 109 Å². The van der Waals surface area contributed by atoms with Gasteiger partial charge in [0.15, 0.2) is 5.52 Å². The van der Waals surface area contributed by atoms with Gasteiger partial charge >= 0.3 is 0 Å². The first-order valence-corrected chi connectivity index (χ1v) is 6.16. The third-order valence-corrected chi connectivity index (χ3v) is 3.64. The Balaban J connectivity index is 2.53. The van der Waals surface area contributed by atoms with Gasteiger partial charge in [-0.25, -0.2) is 13.0 Å². The molecule has 8 heteroatoms. The van der Waals surface area contributed by atoms with Crippen molar-refractivity contribution in [1.29, 1.82) is 5.26 Å². The van der Waals surface area contributed by atoms with E-state index in [-0.39, 0.29) is 10.4 Å². The fraction of sp³-hybridized carbons (Fsp3) is 0.222. The van der Waals surface area contributed by atoms with Crippen LogP contribution in [0.1, 0.15) is 6.92 Å². The van der Waals surface area contributed by atoms with Gasteiger partial charge in [0.2, 0.25) is 10.0 Å². The van der Waals surface area contributed by atoms with Crippen molar-refractivity contribution >= 4 is 21.1 Å². The summed E-state index contributed by atoms with van der Waals surface area (Å²) in [6.07, 6.45) is 0. The lowest BCUT2D eigenvalue weighted by Gasteiger charge is -2.07. The van der Waals surface area contributed by atoms with E-state index >= 15 is 0 Å². The van der Waals surface area contributed by atoms with E-state index in [1.165, 1.54) is 19.1 Å². The minimum absolute atomic E-state index is 0.0571. The summed E-state index contributed by atoms with van der Waals surface area (Å²) >= 11 is 0. The third kappa shape index (κ3) is 2.11. The molecule has 0 bridgehead atoms. The van der Waals surface area contributed by atoms with Crippen molar-refractivity contribution in [2.75, 3.05) is 0 Å². The zero-order valence-electron chi connectivity index (χ0n) is 8.78. The quantitative estimate of drug-likeness (QED) is 0.847. The van der Waals surface area contributed by atoms with E-state index < -0.39 is 16.1 Å². The summed E-state index contributed by atoms with van der Waals surface area (Å²) in [4.78, 5) is -0.0571. The molecule has 88 valence electrons. The second-order valence-electron chi connectivity index (χ2n) is 3.36. The van der Waals surface area contributed by atoms with Crippen LogP contribution in [0.2, 0.25) is 0 Å². The maximum absolute atomic E-state index is 11.9. The van der Waals surface area contributed by atoms with E-state index in [1.54, 1.807) is 12.1 Å². The highest BCUT2D eigenvalue weighted by Crippen LogP contribution is 2.19. The Morgan fingerprint density at radius 3 is 2.94 bits per heavy atom. The minimum atomic E-state index is -3.80. The Hall–Kier alpha value is -1.98. The molecule has 1 aromatic heterocycles. The lowest BCUT2D eigenvalue weighted by molar-refractivity contribution is 0.315. The molecule has 0 spiro atoms. The maximum atomic E-state index is 11.9. The summed E-state index contributed by atoms with van der Waals surface area (Å²) in [6, 6.07) is 5.44. The molecule has 0 aliphatic heterocycles. The Labute approximate surface area is 97.0 Å². The molecule has 1 heterocycles. The predicted molar refractivity (Wildman–Crippen MR) is 57.2 cm³/mol. The van der Waals surface area contributed by atoms with Crippen LogP contribution in [0.5, 0.6) is 0 Å². The fourth-order valence-electron chi connectivity index (χ4n) is 1.32. The molecule has 0 aliphatic rings. The molecule has 7 nitrogen and oxygen atoms in total. The average molecular weight is 252 g/mol. The first kappa shape index (κ1) is 11.5. The summed E-state index contributed by atoms with van der Waals surface area (Å²) in [5.74, 6) is 0. The molecule has 0 fully saturated rings. The fourth-order valence-corrected chi connectivity index (χ4v) is 2.62. The Morgan fingerprint density at radius 1 is 1.47 bits per heavy atom. The zero-order chi connectivity index (χ0) is 12.5. The predicted octanol–water partition coefficient (Wildman–Crippen LogP) is 0.413. The SMILES string of the molecule is CC(C#N)NS(=O)(=O)c1cccc2nonc12. The van der Waals surface area contributed by atoms with Gasteiger partial charge in [0.05, 0.1) is 6.07 Å². The van der Waals surface area contributed by atoms with Crippen molar-refractivity contribution in [3.8, 4) is 6.07 Å². The van der Waals surface area contributed by atoms with Gasteiger partial charge in [0, 0.05) is 0 Å². The molecule has 0 saturated carbocycles. The second-order valence-corrected chi connectivity index (χ2v) is 5.04. The van der Waals surface area contributed by atoms with Gasteiger partial charge in [0.25, 0.3) is 0 Å². The van der Waals surface area contributed by atoms with Crippen LogP contribution in [0.3, 0.4) is 0 Å². The summed E-state index contributed by atoms with van der Waals surface area (Å²) < 4.78 is 30.6. The van der Waals surface area contributed by atoms with Gasteiger partial charge in [0.1, 0.15) is 16.5 Å². The largest absolute Gasteiger partial charge is 0.244 e. The van der Waals surface area contributed by atoms with Gasteiger partial charge in [-0.3, -0.25) is 0 Å². The normalized spacial score (nSPS) is 13.4. The van der Waals surface area contributed by atoms with E-state index in [0.29, 0.717) is 5.52 Å². The monoisotopic (exact) mass is 252 g/mol. The van der Waals surface area contributed by atoms with Crippen molar-refractivity contribution in [2.45, 2.75) is 17.9 Å². The van der Waals surface area contributed by atoms with Gasteiger partial charge < -0.3 is 0 Å². The zero-order valence-corrected chi connectivity index (χ0v) is 9.60. The van der Waals surface area contributed by atoms with Crippen LogP contribution < -0.4 is 4.72 Å². The third-order valence-electron chi connectivity index (χ3n) is 2.06. The molecule has 1 N–H and O–H groups in total. The molecular formula is C9H8N4O3S. The van der Waals surface area contributed by atoms with Crippen LogP contribution in [0.15, 0.2) is 27.7 Å². The molecule has 17 heavy (non-hydrogen) atoms. The van der Waals surface area contributed by atoms with Crippen molar-refractivity contribution in [2.24, 2.45) is 0 Å². The number of nitrogens with one attached hydrogen (secondary N) is 1. The molecule has 2 rings (SSSR count). The minimum Gasteiger partial charge on any atom is -0.243 e. The summed E-state index contributed by atoms with van der Waals surface area (Å²) in [5.41, 5.74) is 0.489. The lowest BCUT2D eigenvalue weighted by atomic mass is 10.3. The highest BCUT2D eigenvalue weighted by Gasteiger charge is 2.21. The average Bonchev–Trinajstić information content (AvgIpc) is 2.75. The van der Waals surface area contributed by atoms with Crippen LogP contribution in [0, 0.1) is 11.3 Å². The van der Waals surface area contributed by atoms with Crippen molar-refractivity contribution < 1.29 is 13.0 Å². The van der Waals surface area contributed by atoms with Crippen molar-refractivity contribution in [3.05, 3.63) is 18.2 Å². The molecule has 1 atom stereocenters. The van der Waals surface area contributed by atoms with E-state index in [9.17, 15) is 8.42 Å². The van der Waals surface area contributed by atoms with E-state index in [1.807, 2.05) is 0 Å². The molecule has 1 aromatic carbocycles. The molecule has 0 amide bonds. The standard InChI is InChI=1S/C9H8N4O3S/c1-6(5-10)13-17(14,15)8-4-2-3-7-9(8)12-16-11-7/h2-4,6,13H,1H3. The van der Waals surface area contributed by atoms with E-state index in [2.05, 4.69) is 19.7 Å². The van der Waals surface area contributed by atoms with Gasteiger partial charge in [-0.15, -0.1) is 0 Å². The molecule has 0 aliphatic carbocycles. The van der Waals surface area contributed by atoms with Crippen molar-refractivity contribution in [3.63, 3.8) is 0 Å². The van der Waals surface area contributed by atoms with Crippen LogP contribution in [0.25, 0.3) is 11.0 Å². The van der Waals surface area contributed by atoms with Gasteiger partial charge in [-0.05, 0) is 29.4 Å². The number of nitrogens with zero attached hydrogens (tertiary/aromatic N) is 3. The first-order valence-electron chi connectivity index (χ1n) is 4.68. The lowest BCUT2D eigenvalue weighted by Crippen LogP contribution is -2.31. The number of aromatic nitrogens is 2. The number of fused-ring (bicyclic) bond motifs is 1. The molecule has 0 radical (unpaired) electrons. The number of benzene rings is 1. The Bertz CT molecular complexity index is 686. The van der Waals surface area contributed by atoms with E-state index in [4.69, 9.17) is 5.26 Å². The van der Waals surface area contributed by atoms with E-state index in [0.717, 1.165) is 0 Å². The number of sulfonamides is 1. The summed E-state index contributed by atoms with van der Waals surface area (Å²) in [7, 11) is -3.80. The summed E-state index contributed by atoms with van der Waals surface area (Å²) in [6.45, 7) is 1.44. The highest BCUT2D eigenvalue weighted by molar-refractivity contribution is 7.89. The van der Waals surface area contributed by atoms with Crippen LogP contribution in [-0.4, -0.2) is 24.8 Å². The molecule has 1 unspecified atom stereocenters. The highest BCUT2D eigenvalue weighted by atomic mass is 32.2. The van der Waals surface area contributed by atoms with Gasteiger partial charge in [-0.2, -0.15) is 9.98 Å². The molecule has 0 saturated heterocycles. The maximum Gasteiger partial charge on any atom is 0.244 e. The Morgan fingerprint density at radius 2 is 2.24 bits per heavy atom. The van der Waals surface area contributed by atoms with Gasteiger partial charge in [-0.1, -0.05) is 6.07 Å². The van der Waals surface area contributed by atoms with Crippen molar-refractivity contribution in [1.82, 2.24) is 15.0 Å². The number of hydrogen-bond acceptors (Lipinski definition) is 6. The molecular weight excluding hydrogens is 244 g/mol.